The van der Waals surface area contributed by atoms with Crippen molar-refractivity contribution in [2.24, 2.45) is 0 Å². The lowest BCUT2D eigenvalue weighted by Crippen LogP contribution is -2.05. The predicted molar refractivity (Wildman–Crippen MR) is 106 cm³/mol. The van der Waals surface area contributed by atoms with E-state index in [1.54, 1.807) is 18.6 Å². The number of aryl methyl sites for hydroxylation is 2. The Hall–Kier alpha value is -2.57. The fourth-order valence-corrected chi connectivity index (χ4v) is 3.79. The Morgan fingerprint density at radius 1 is 1.07 bits per heavy atom. The summed E-state index contributed by atoms with van der Waals surface area (Å²) in [6.07, 6.45) is 4.56. The average molecular weight is 402 g/mol. The Morgan fingerprint density at radius 2 is 1.81 bits per heavy atom. The number of H-pyrrole nitrogens is 2. The van der Waals surface area contributed by atoms with Gasteiger partial charge in [0.15, 0.2) is 5.82 Å². The number of benzene rings is 1. The highest BCUT2D eigenvalue weighted by Gasteiger charge is 2.18. The highest BCUT2D eigenvalue weighted by atomic mass is 35.5. The number of aromatic nitrogens is 5. The van der Waals surface area contributed by atoms with Gasteiger partial charge in [0.2, 0.25) is 0 Å². The largest absolute Gasteiger partial charge is 0.486 e. The molecule has 0 fully saturated rings. The average Bonchev–Trinajstić information content (AvgIpc) is 3.21. The van der Waals surface area contributed by atoms with Gasteiger partial charge in [0.05, 0.1) is 15.6 Å². The van der Waals surface area contributed by atoms with E-state index in [4.69, 9.17) is 27.9 Å². The summed E-state index contributed by atoms with van der Waals surface area (Å²) in [4.78, 5) is 11.6. The van der Waals surface area contributed by atoms with E-state index in [9.17, 15) is 0 Å². The molecule has 4 aromatic rings. The minimum atomic E-state index is -0.342. The van der Waals surface area contributed by atoms with Crippen LogP contribution in [0.15, 0.2) is 30.7 Å². The number of halogens is 2. The number of nitrogens with one attached hydrogen (secondary N) is 2. The molecule has 27 heavy (non-hydrogen) atoms. The molecule has 1 aromatic carbocycles. The summed E-state index contributed by atoms with van der Waals surface area (Å²) in [5.74, 6) is 1.43. The number of hydrogen-bond acceptors (Lipinski definition) is 4. The molecule has 0 unspecified atom stereocenters. The molecule has 1 atom stereocenters. The lowest BCUT2D eigenvalue weighted by molar-refractivity contribution is 0.227. The van der Waals surface area contributed by atoms with E-state index in [0.29, 0.717) is 21.4 Å². The molecule has 0 saturated heterocycles. The van der Waals surface area contributed by atoms with E-state index in [0.717, 1.165) is 33.7 Å². The first-order valence-electron chi connectivity index (χ1n) is 8.40. The molecule has 8 heteroatoms. The predicted octanol–water partition coefficient (Wildman–Crippen LogP) is 5.41. The zero-order chi connectivity index (χ0) is 19.1. The summed E-state index contributed by atoms with van der Waals surface area (Å²) in [5.41, 5.74) is 4.37. The Bertz CT molecular complexity index is 1110. The normalized spacial score (nSPS) is 12.5. The Morgan fingerprint density at radius 3 is 2.48 bits per heavy atom. The van der Waals surface area contributed by atoms with Gasteiger partial charge < -0.3 is 9.72 Å². The second kappa shape index (κ2) is 6.87. The van der Waals surface area contributed by atoms with E-state index in [1.807, 2.05) is 32.9 Å². The van der Waals surface area contributed by atoms with Crippen LogP contribution in [0.4, 0.5) is 0 Å². The van der Waals surface area contributed by atoms with Gasteiger partial charge in [-0.2, -0.15) is 5.10 Å². The van der Waals surface area contributed by atoms with E-state index in [1.165, 1.54) is 0 Å². The van der Waals surface area contributed by atoms with Gasteiger partial charge in [-0.15, -0.1) is 0 Å². The van der Waals surface area contributed by atoms with Gasteiger partial charge in [0.1, 0.15) is 17.5 Å². The van der Waals surface area contributed by atoms with Gasteiger partial charge in [-0.05, 0) is 38.5 Å². The monoisotopic (exact) mass is 401 g/mol. The van der Waals surface area contributed by atoms with E-state index < -0.39 is 0 Å². The summed E-state index contributed by atoms with van der Waals surface area (Å²) < 4.78 is 6.15. The number of aromatic amines is 2. The zero-order valence-corrected chi connectivity index (χ0v) is 16.5. The molecule has 138 valence electrons. The topological polar surface area (TPSA) is 79.5 Å². The second-order valence-electron chi connectivity index (χ2n) is 6.43. The van der Waals surface area contributed by atoms with Crippen LogP contribution in [0.5, 0.6) is 5.75 Å². The maximum atomic E-state index is 6.25. The first kappa shape index (κ1) is 17.8. The number of hydrogen-bond donors (Lipinski definition) is 2. The quantitative estimate of drug-likeness (QED) is 0.478. The highest BCUT2D eigenvalue weighted by Crippen LogP contribution is 2.35. The molecule has 4 rings (SSSR count). The fourth-order valence-electron chi connectivity index (χ4n) is 3.12. The Labute approximate surface area is 165 Å². The zero-order valence-electron chi connectivity index (χ0n) is 15.0. The molecular weight excluding hydrogens is 385 g/mol. The van der Waals surface area contributed by atoms with Gasteiger partial charge >= 0.3 is 0 Å². The first-order chi connectivity index (χ1) is 12.9. The molecule has 0 amide bonds. The van der Waals surface area contributed by atoms with Crippen molar-refractivity contribution in [2.45, 2.75) is 26.9 Å². The summed E-state index contributed by atoms with van der Waals surface area (Å²) in [6.45, 7) is 5.85. The van der Waals surface area contributed by atoms with Gasteiger partial charge in [0, 0.05) is 35.2 Å². The van der Waals surface area contributed by atoms with Gasteiger partial charge in [0.25, 0.3) is 0 Å². The van der Waals surface area contributed by atoms with Gasteiger partial charge in [-0.1, -0.05) is 23.2 Å². The number of nitrogens with zero attached hydrogens (tertiary/aromatic N) is 3. The molecular formula is C19H17Cl2N5O. The SMILES string of the molecule is Cc1cnc(-c2[nH]nc3c(C)cc(O[C@H](C)c4c(Cl)cncc4Cl)cc23)[nH]1. The van der Waals surface area contributed by atoms with Crippen molar-refractivity contribution >= 4 is 34.1 Å². The van der Waals surface area contributed by atoms with Gasteiger partial charge in [-0.25, -0.2) is 4.98 Å². The summed E-state index contributed by atoms with van der Waals surface area (Å²) >= 11 is 12.5. The van der Waals surface area contributed by atoms with Crippen molar-refractivity contribution in [2.75, 3.05) is 0 Å². The van der Waals surface area contributed by atoms with Crippen LogP contribution < -0.4 is 4.74 Å². The molecule has 0 aliphatic rings. The first-order valence-corrected chi connectivity index (χ1v) is 9.16. The van der Waals surface area contributed by atoms with Crippen LogP contribution in [-0.4, -0.2) is 25.1 Å². The molecule has 3 heterocycles. The van der Waals surface area contributed by atoms with Crippen molar-refractivity contribution < 1.29 is 4.74 Å². The fraction of sp³-hybridized carbons (Fsp3) is 0.211. The molecule has 0 aliphatic carbocycles. The number of fused-ring (bicyclic) bond motifs is 1. The van der Waals surface area contributed by atoms with E-state index in [2.05, 4.69) is 25.1 Å². The molecule has 3 aromatic heterocycles. The summed E-state index contributed by atoms with van der Waals surface area (Å²) in [7, 11) is 0. The summed E-state index contributed by atoms with van der Waals surface area (Å²) in [6, 6.07) is 3.89. The lowest BCUT2D eigenvalue weighted by Gasteiger charge is -2.18. The molecule has 2 N–H and O–H groups in total. The Balaban J connectivity index is 1.74. The third-order valence-electron chi connectivity index (χ3n) is 4.37. The molecule has 0 aliphatic heterocycles. The van der Waals surface area contributed by atoms with Crippen molar-refractivity contribution in [3.05, 3.63) is 57.6 Å². The van der Waals surface area contributed by atoms with E-state index in [-0.39, 0.29) is 6.10 Å². The van der Waals surface area contributed by atoms with Crippen LogP contribution in [-0.2, 0) is 0 Å². The van der Waals surface area contributed by atoms with Crippen molar-refractivity contribution in [1.29, 1.82) is 0 Å². The minimum absolute atomic E-state index is 0.342. The number of imidazole rings is 1. The Kier molecular flexibility index (Phi) is 4.53. The minimum Gasteiger partial charge on any atom is -0.486 e. The van der Waals surface area contributed by atoms with Crippen LogP contribution in [0, 0.1) is 13.8 Å². The molecule has 0 radical (unpaired) electrons. The molecule has 0 spiro atoms. The van der Waals surface area contributed by atoms with Crippen LogP contribution in [0.3, 0.4) is 0 Å². The lowest BCUT2D eigenvalue weighted by atomic mass is 10.1. The third-order valence-corrected chi connectivity index (χ3v) is 4.97. The third kappa shape index (κ3) is 3.26. The van der Waals surface area contributed by atoms with Crippen molar-refractivity contribution in [1.82, 2.24) is 25.1 Å². The van der Waals surface area contributed by atoms with Crippen LogP contribution in [0.2, 0.25) is 10.0 Å². The van der Waals surface area contributed by atoms with Crippen molar-refractivity contribution in [3.63, 3.8) is 0 Å². The van der Waals surface area contributed by atoms with Crippen molar-refractivity contribution in [3.8, 4) is 17.3 Å². The van der Waals surface area contributed by atoms with Crippen LogP contribution in [0.25, 0.3) is 22.4 Å². The second-order valence-corrected chi connectivity index (χ2v) is 7.24. The molecule has 0 bridgehead atoms. The van der Waals surface area contributed by atoms with Gasteiger partial charge in [-0.3, -0.25) is 10.1 Å². The maximum absolute atomic E-state index is 6.25. The van der Waals surface area contributed by atoms with Crippen LogP contribution in [0.1, 0.15) is 29.8 Å². The molecule has 0 saturated carbocycles. The number of ether oxygens (including phenoxy) is 1. The summed E-state index contributed by atoms with van der Waals surface area (Å²) in [5, 5.41) is 9.36. The number of pyridine rings is 1. The number of rotatable bonds is 4. The maximum Gasteiger partial charge on any atom is 0.156 e. The standard InChI is InChI=1S/C19H17Cl2N5O/c1-9-4-12(27-11(3)16-14(20)7-22-8-15(16)21)5-13-17(9)25-26-18(13)19-23-6-10(2)24-19/h4-8,11H,1-3H3,(H,23,24)(H,25,26)/t11-/m1/s1. The van der Waals surface area contributed by atoms with E-state index >= 15 is 0 Å². The van der Waals surface area contributed by atoms with Crippen LogP contribution >= 0.6 is 23.2 Å². The smallest absolute Gasteiger partial charge is 0.156 e. The highest BCUT2D eigenvalue weighted by molar-refractivity contribution is 6.35. The molecule has 6 nitrogen and oxygen atoms in total.